The van der Waals surface area contributed by atoms with E-state index in [1.807, 2.05) is 55.5 Å². The molecule has 0 radical (unpaired) electrons. The van der Waals surface area contributed by atoms with Gasteiger partial charge in [-0.05, 0) is 36.3 Å². The summed E-state index contributed by atoms with van der Waals surface area (Å²) in [6.07, 6.45) is 1.02. The minimum absolute atomic E-state index is 0.0198. The second kappa shape index (κ2) is 8.08. The third-order valence-corrected chi connectivity index (χ3v) is 4.52. The third-order valence-electron chi connectivity index (χ3n) is 4.52. The number of tetrazole rings is 1. The Labute approximate surface area is 162 Å². The summed E-state index contributed by atoms with van der Waals surface area (Å²) in [6.45, 7) is 2.72. The van der Waals surface area contributed by atoms with Gasteiger partial charge in [0.15, 0.2) is 11.5 Å². The summed E-state index contributed by atoms with van der Waals surface area (Å²) in [6, 6.07) is 15.3. The van der Waals surface area contributed by atoms with Crippen LogP contribution in [-0.2, 0) is 11.3 Å². The monoisotopic (exact) mass is 379 g/mol. The Morgan fingerprint density at radius 2 is 2.00 bits per heavy atom. The van der Waals surface area contributed by atoms with Gasteiger partial charge >= 0.3 is 0 Å². The molecule has 1 aromatic heterocycles. The maximum atomic E-state index is 12.2. The van der Waals surface area contributed by atoms with Crippen LogP contribution in [0.3, 0.4) is 0 Å². The van der Waals surface area contributed by atoms with E-state index in [9.17, 15) is 4.79 Å². The summed E-state index contributed by atoms with van der Waals surface area (Å²) in [4.78, 5) is 13.8. The molecule has 1 aliphatic rings. The van der Waals surface area contributed by atoms with Crippen LogP contribution in [0.25, 0.3) is 11.4 Å². The van der Waals surface area contributed by atoms with E-state index >= 15 is 0 Å². The molecule has 1 N–H and O–H groups in total. The van der Waals surface area contributed by atoms with Crippen molar-refractivity contribution in [2.24, 2.45) is 0 Å². The number of nitrogens with one attached hydrogen (secondary N) is 1. The number of benzene rings is 2. The van der Waals surface area contributed by atoms with Crippen molar-refractivity contribution >= 4 is 5.91 Å². The Morgan fingerprint density at radius 1 is 1.18 bits per heavy atom. The van der Waals surface area contributed by atoms with Gasteiger partial charge in [0.2, 0.25) is 18.5 Å². The molecule has 0 fully saturated rings. The van der Waals surface area contributed by atoms with Crippen molar-refractivity contribution in [2.45, 2.75) is 32.4 Å². The number of hydrogen-bond donors (Lipinski definition) is 1. The third kappa shape index (κ3) is 4.11. The zero-order valence-electron chi connectivity index (χ0n) is 15.5. The Bertz CT molecular complexity index is 957. The number of amides is 1. The summed E-state index contributed by atoms with van der Waals surface area (Å²) in [5.74, 6) is 2.01. The van der Waals surface area contributed by atoms with Gasteiger partial charge in [0.25, 0.3) is 0 Å². The summed E-state index contributed by atoms with van der Waals surface area (Å²) < 4.78 is 10.7. The number of fused-ring (bicyclic) bond motifs is 1. The molecule has 3 aromatic rings. The van der Waals surface area contributed by atoms with Gasteiger partial charge in [-0.15, -0.1) is 10.2 Å². The van der Waals surface area contributed by atoms with Crippen LogP contribution in [0.15, 0.2) is 48.5 Å². The molecule has 144 valence electrons. The zero-order valence-corrected chi connectivity index (χ0v) is 15.5. The largest absolute Gasteiger partial charge is 0.454 e. The van der Waals surface area contributed by atoms with E-state index in [2.05, 4.69) is 20.7 Å². The molecule has 0 saturated carbocycles. The number of aryl methyl sites for hydroxylation is 1. The van der Waals surface area contributed by atoms with Gasteiger partial charge in [-0.2, -0.15) is 4.80 Å². The lowest BCUT2D eigenvalue weighted by atomic mass is 10.1. The van der Waals surface area contributed by atoms with Crippen LogP contribution in [0.5, 0.6) is 11.5 Å². The molecule has 0 bridgehead atoms. The molecular weight excluding hydrogens is 358 g/mol. The van der Waals surface area contributed by atoms with Gasteiger partial charge in [0.1, 0.15) is 0 Å². The Hall–Kier alpha value is -3.42. The first kappa shape index (κ1) is 18.0. The molecule has 0 saturated heterocycles. The first-order valence-corrected chi connectivity index (χ1v) is 9.21. The van der Waals surface area contributed by atoms with Crippen molar-refractivity contribution in [1.82, 2.24) is 25.5 Å². The fraction of sp³-hybridized carbons (Fsp3) is 0.300. The summed E-state index contributed by atoms with van der Waals surface area (Å²) in [5, 5.41) is 15.5. The number of hydrogen-bond acceptors (Lipinski definition) is 6. The maximum absolute atomic E-state index is 12.2. The lowest BCUT2D eigenvalue weighted by molar-refractivity contribution is -0.121. The topological polar surface area (TPSA) is 91.2 Å². The van der Waals surface area contributed by atoms with Gasteiger partial charge in [0, 0.05) is 12.0 Å². The lowest BCUT2D eigenvalue weighted by Crippen LogP contribution is -2.26. The van der Waals surface area contributed by atoms with E-state index in [1.54, 1.807) is 0 Å². The van der Waals surface area contributed by atoms with E-state index in [0.717, 1.165) is 16.9 Å². The van der Waals surface area contributed by atoms with Crippen molar-refractivity contribution in [3.63, 3.8) is 0 Å². The van der Waals surface area contributed by atoms with Gasteiger partial charge < -0.3 is 14.8 Å². The first-order valence-electron chi connectivity index (χ1n) is 9.21. The molecule has 1 atom stereocenters. The summed E-state index contributed by atoms with van der Waals surface area (Å²) in [5.41, 5.74) is 1.90. The standard InChI is InChI=1S/C20H21N5O3/c1-14(16-9-10-17-18(12-16)28-13-27-17)21-19(26)8-5-11-25-23-20(22-24-25)15-6-3-2-4-7-15/h2-4,6-7,9-10,12,14H,5,8,11,13H2,1H3,(H,21,26). The average molecular weight is 379 g/mol. The van der Waals surface area contributed by atoms with Gasteiger partial charge in [-0.3, -0.25) is 4.79 Å². The minimum Gasteiger partial charge on any atom is -0.454 e. The van der Waals surface area contributed by atoms with Crippen LogP contribution in [-0.4, -0.2) is 32.9 Å². The van der Waals surface area contributed by atoms with Crippen molar-refractivity contribution in [2.75, 3.05) is 6.79 Å². The fourth-order valence-corrected chi connectivity index (χ4v) is 3.00. The van der Waals surface area contributed by atoms with Crippen molar-refractivity contribution in [3.05, 3.63) is 54.1 Å². The van der Waals surface area contributed by atoms with Crippen LogP contribution in [0.2, 0.25) is 0 Å². The molecule has 8 nitrogen and oxygen atoms in total. The van der Waals surface area contributed by atoms with Crippen LogP contribution >= 0.6 is 0 Å². The number of carbonyl (C=O) groups excluding carboxylic acids is 1. The van der Waals surface area contributed by atoms with E-state index in [0.29, 0.717) is 31.0 Å². The number of carbonyl (C=O) groups is 1. The van der Waals surface area contributed by atoms with Gasteiger partial charge in [-0.25, -0.2) is 0 Å². The Kier molecular flexibility index (Phi) is 5.18. The lowest BCUT2D eigenvalue weighted by Gasteiger charge is -2.14. The molecular formula is C20H21N5O3. The predicted octanol–water partition coefficient (Wildman–Crippen LogP) is 2.73. The SMILES string of the molecule is CC(NC(=O)CCCn1nnc(-c2ccccc2)n1)c1ccc2c(c1)OCO2. The first-order chi connectivity index (χ1) is 13.7. The quantitative estimate of drug-likeness (QED) is 0.679. The van der Waals surface area contributed by atoms with E-state index in [1.165, 1.54) is 4.80 Å². The number of ether oxygens (including phenoxy) is 2. The Morgan fingerprint density at radius 3 is 2.86 bits per heavy atom. The molecule has 1 aliphatic heterocycles. The van der Waals surface area contributed by atoms with Gasteiger partial charge in [-0.1, -0.05) is 36.4 Å². The molecule has 8 heteroatoms. The van der Waals surface area contributed by atoms with Crippen LogP contribution in [0.1, 0.15) is 31.4 Å². The highest BCUT2D eigenvalue weighted by molar-refractivity contribution is 5.76. The highest BCUT2D eigenvalue weighted by Crippen LogP contribution is 2.34. The molecule has 0 spiro atoms. The number of aromatic nitrogens is 4. The molecule has 1 amide bonds. The number of rotatable bonds is 7. The summed E-state index contributed by atoms with van der Waals surface area (Å²) >= 11 is 0. The fourth-order valence-electron chi connectivity index (χ4n) is 3.00. The van der Waals surface area contributed by atoms with Crippen molar-refractivity contribution < 1.29 is 14.3 Å². The second-order valence-corrected chi connectivity index (χ2v) is 6.58. The predicted molar refractivity (Wildman–Crippen MR) is 102 cm³/mol. The zero-order chi connectivity index (χ0) is 19.3. The van der Waals surface area contributed by atoms with E-state index in [4.69, 9.17) is 9.47 Å². The van der Waals surface area contributed by atoms with E-state index in [-0.39, 0.29) is 18.7 Å². The molecule has 1 unspecified atom stereocenters. The number of nitrogens with zero attached hydrogens (tertiary/aromatic N) is 4. The molecule has 28 heavy (non-hydrogen) atoms. The van der Waals surface area contributed by atoms with E-state index < -0.39 is 0 Å². The highest BCUT2D eigenvalue weighted by atomic mass is 16.7. The Balaban J connectivity index is 1.25. The smallest absolute Gasteiger partial charge is 0.231 e. The van der Waals surface area contributed by atoms with Crippen molar-refractivity contribution in [1.29, 1.82) is 0 Å². The highest BCUT2D eigenvalue weighted by Gasteiger charge is 2.17. The normalized spacial score (nSPS) is 13.3. The van der Waals surface area contributed by atoms with Crippen LogP contribution in [0, 0.1) is 0 Å². The molecule has 0 aliphatic carbocycles. The second-order valence-electron chi connectivity index (χ2n) is 6.58. The maximum Gasteiger partial charge on any atom is 0.231 e. The van der Waals surface area contributed by atoms with Crippen LogP contribution < -0.4 is 14.8 Å². The van der Waals surface area contributed by atoms with Gasteiger partial charge in [0.05, 0.1) is 12.6 Å². The van der Waals surface area contributed by atoms with Crippen molar-refractivity contribution in [3.8, 4) is 22.9 Å². The molecule has 2 aromatic carbocycles. The molecule has 2 heterocycles. The summed E-state index contributed by atoms with van der Waals surface area (Å²) in [7, 11) is 0. The van der Waals surface area contributed by atoms with Crippen LogP contribution in [0.4, 0.5) is 0 Å². The molecule has 4 rings (SSSR count). The minimum atomic E-state index is -0.115. The average Bonchev–Trinajstić information content (AvgIpc) is 3.37.